The molecule has 0 spiro atoms. The number of methoxy groups -OCH3 is 1. The Hall–Kier alpha value is -2.88. The van der Waals surface area contributed by atoms with E-state index in [4.69, 9.17) is 4.74 Å². The van der Waals surface area contributed by atoms with Crippen molar-refractivity contribution in [3.05, 3.63) is 72.4 Å². The van der Waals surface area contributed by atoms with Crippen LogP contribution >= 0.6 is 0 Å². The predicted octanol–water partition coefficient (Wildman–Crippen LogP) is 8.54. The zero-order chi connectivity index (χ0) is 25.1. The average molecular weight is 478 g/mol. The summed E-state index contributed by atoms with van der Waals surface area (Å²) in [4.78, 5) is 26.4. The number of nitrogens with zero attached hydrogens (tertiary/aromatic N) is 1. The molecule has 0 fully saturated rings. The number of ether oxygens (including phenoxy) is 1. The van der Waals surface area contributed by atoms with Crippen LogP contribution in [0.1, 0.15) is 90.4 Å². The zero-order valence-electron chi connectivity index (χ0n) is 21.7. The van der Waals surface area contributed by atoms with Crippen molar-refractivity contribution < 1.29 is 14.3 Å². The molecule has 0 bridgehead atoms. The van der Waals surface area contributed by atoms with Gasteiger partial charge in [-0.1, -0.05) is 88.3 Å². The number of anilines is 2. The summed E-state index contributed by atoms with van der Waals surface area (Å²) in [5.74, 6) is 0.0943. The van der Waals surface area contributed by atoms with Gasteiger partial charge in [0.25, 0.3) is 0 Å². The standard InChI is InChI=1S/C31H43NO3/c1-3-4-5-17-24-30(33)26-29(23-12-8-6-7-9-18-25-31(34)35-2)32(27-19-13-10-14-20-27)28-21-15-11-16-22-28/h10-11,13-16,19-22,26H,3-9,12,17-18,23-25H2,1-2H3/b29-26+. The molecule has 35 heavy (non-hydrogen) atoms. The molecule has 0 amide bonds. The molecule has 0 N–H and O–H groups in total. The van der Waals surface area contributed by atoms with Crippen molar-refractivity contribution in [2.24, 2.45) is 0 Å². The third-order valence-corrected chi connectivity index (χ3v) is 6.21. The summed E-state index contributed by atoms with van der Waals surface area (Å²) in [6.45, 7) is 2.19. The predicted molar refractivity (Wildman–Crippen MR) is 146 cm³/mol. The molecule has 0 aliphatic rings. The molecule has 0 heterocycles. The number of esters is 1. The fourth-order valence-electron chi connectivity index (χ4n) is 4.25. The maximum Gasteiger partial charge on any atom is 0.305 e. The second-order valence-electron chi connectivity index (χ2n) is 9.12. The van der Waals surface area contributed by atoms with Crippen LogP contribution in [-0.4, -0.2) is 18.9 Å². The number of hydrogen-bond acceptors (Lipinski definition) is 4. The molecule has 2 aromatic carbocycles. The van der Waals surface area contributed by atoms with Gasteiger partial charge in [-0.05, 0) is 49.9 Å². The summed E-state index contributed by atoms with van der Waals surface area (Å²) < 4.78 is 4.71. The lowest BCUT2D eigenvalue weighted by atomic mass is 10.0. The molecule has 4 nitrogen and oxygen atoms in total. The van der Waals surface area contributed by atoms with Crippen molar-refractivity contribution in [2.45, 2.75) is 90.4 Å². The monoisotopic (exact) mass is 477 g/mol. The van der Waals surface area contributed by atoms with Gasteiger partial charge in [0, 0.05) is 36.0 Å². The lowest BCUT2D eigenvalue weighted by molar-refractivity contribution is -0.140. The molecular weight excluding hydrogens is 434 g/mol. The van der Waals surface area contributed by atoms with Gasteiger partial charge in [0.05, 0.1) is 7.11 Å². The van der Waals surface area contributed by atoms with Gasteiger partial charge in [-0.25, -0.2) is 0 Å². The Balaban J connectivity index is 2.06. The van der Waals surface area contributed by atoms with Crippen LogP contribution < -0.4 is 4.90 Å². The molecule has 2 rings (SSSR count). The van der Waals surface area contributed by atoms with Gasteiger partial charge in [0.2, 0.25) is 0 Å². The molecule has 0 saturated heterocycles. The van der Waals surface area contributed by atoms with E-state index in [1.54, 1.807) is 0 Å². The number of hydrogen-bond donors (Lipinski definition) is 0. The Labute approximate surface area is 212 Å². The van der Waals surface area contributed by atoms with Crippen molar-refractivity contribution in [1.29, 1.82) is 0 Å². The second-order valence-corrected chi connectivity index (χ2v) is 9.12. The van der Waals surface area contributed by atoms with Crippen LogP contribution in [0.2, 0.25) is 0 Å². The maximum atomic E-state index is 12.9. The molecule has 2 aromatic rings. The Morgan fingerprint density at radius 3 is 1.71 bits per heavy atom. The highest BCUT2D eigenvalue weighted by Gasteiger charge is 2.16. The van der Waals surface area contributed by atoms with Crippen LogP contribution in [0.4, 0.5) is 11.4 Å². The summed E-state index contributed by atoms with van der Waals surface area (Å²) in [6, 6.07) is 20.6. The van der Waals surface area contributed by atoms with Crippen LogP contribution in [0.25, 0.3) is 0 Å². The lowest BCUT2D eigenvalue weighted by Crippen LogP contribution is -2.18. The van der Waals surface area contributed by atoms with E-state index >= 15 is 0 Å². The topological polar surface area (TPSA) is 46.6 Å². The Bertz CT molecular complexity index is 837. The second kappa shape index (κ2) is 17.5. The van der Waals surface area contributed by atoms with E-state index in [-0.39, 0.29) is 11.8 Å². The van der Waals surface area contributed by atoms with Crippen LogP contribution in [0.3, 0.4) is 0 Å². The SMILES string of the molecule is CCCCCCC(=O)/C=C(\CCCCCCCCC(=O)OC)N(c1ccccc1)c1ccccc1. The zero-order valence-corrected chi connectivity index (χ0v) is 21.7. The number of carbonyl (C=O) groups is 2. The van der Waals surface area contributed by atoms with Gasteiger partial charge in [0.15, 0.2) is 5.78 Å². The summed E-state index contributed by atoms with van der Waals surface area (Å²) in [6.07, 6.45) is 14.6. The van der Waals surface area contributed by atoms with Crippen molar-refractivity contribution in [3.63, 3.8) is 0 Å². The molecule has 0 aromatic heterocycles. The molecule has 4 heteroatoms. The average Bonchev–Trinajstić information content (AvgIpc) is 2.89. The molecule has 190 valence electrons. The van der Waals surface area contributed by atoms with Crippen LogP contribution in [-0.2, 0) is 14.3 Å². The molecule has 0 saturated carbocycles. The van der Waals surface area contributed by atoms with Gasteiger partial charge in [-0.3, -0.25) is 9.59 Å². The number of rotatable bonds is 18. The highest BCUT2D eigenvalue weighted by atomic mass is 16.5. The van der Waals surface area contributed by atoms with Gasteiger partial charge in [0.1, 0.15) is 0 Å². The number of benzene rings is 2. The highest BCUT2D eigenvalue weighted by Crippen LogP contribution is 2.32. The summed E-state index contributed by atoms with van der Waals surface area (Å²) in [7, 11) is 1.44. The summed E-state index contributed by atoms with van der Waals surface area (Å²) in [5, 5.41) is 0. The first-order valence-corrected chi connectivity index (χ1v) is 13.4. The highest BCUT2D eigenvalue weighted by molar-refractivity contribution is 5.91. The van der Waals surface area contributed by atoms with Gasteiger partial charge in [-0.2, -0.15) is 0 Å². The van der Waals surface area contributed by atoms with Crippen molar-refractivity contribution in [2.75, 3.05) is 12.0 Å². The normalized spacial score (nSPS) is 11.3. The number of unbranched alkanes of at least 4 members (excludes halogenated alkanes) is 8. The van der Waals surface area contributed by atoms with Crippen LogP contribution in [0.5, 0.6) is 0 Å². The summed E-state index contributed by atoms with van der Waals surface area (Å²) in [5.41, 5.74) is 3.21. The molecule has 0 radical (unpaired) electrons. The number of para-hydroxylation sites is 2. The van der Waals surface area contributed by atoms with E-state index < -0.39 is 0 Å². The molecular formula is C31H43NO3. The minimum atomic E-state index is -0.124. The third kappa shape index (κ3) is 11.4. The third-order valence-electron chi connectivity index (χ3n) is 6.21. The molecule has 0 aliphatic heterocycles. The van der Waals surface area contributed by atoms with Gasteiger partial charge < -0.3 is 9.64 Å². The number of allylic oxidation sites excluding steroid dienone is 2. The minimum Gasteiger partial charge on any atom is -0.469 e. The Morgan fingerprint density at radius 1 is 0.686 bits per heavy atom. The van der Waals surface area contributed by atoms with E-state index in [2.05, 4.69) is 36.1 Å². The molecule has 0 aliphatic carbocycles. The van der Waals surface area contributed by atoms with E-state index in [1.165, 1.54) is 20.0 Å². The first-order chi connectivity index (χ1) is 17.2. The lowest BCUT2D eigenvalue weighted by Gasteiger charge is -2.28. The first kappa shape index (κ1) is 28.4. The summed E-state index contributed by atoms with van der Waals surface area (Å²) >= 11 is 0. The minimum absolute atomic E-state index is 0.124. The van der Waals surface area contributed by atoms with Gasteiger partial charge >= 0.3 is 5.97 Å². The van der Waals surface area contributed by atoms with E-state index in [0.717, 1.165) is 74.9 Å². The fraction of sp³-hybridized carbons (Fsp3) is 0.484. The van der Waals surface area contributed by atoms with Crippen molar-refractivity contribution in [1.82, 2.24) is 0 Å². The Morgan fingerprint density at radius 2 is 1.17 bits per heavy atom. The fourth-order valence-corrected chi connectivity index (χ4v) is 4.25. The number of carbonyl (C=O) groups excluding carboxylic acids is 2. The molecule has 0 unspecified atom stereocenters. The van der Waals surface area contributed by atoms with E-state index in [0.29, 0.717) is 12.8 Å². The van der Waals surface area contributed by atoms with Crippen LogP contribution in [0, 0.1) is 0 Å². The molecule has 0 atom stereocenters. The number of ketones is 1. The Kier molecular flexibility index (Phi) is 14.2. The smallest absolute Gasteiger partial charge is 0.305 e. The first-order valence-electron chi connectivity index (χ1n) is 13.4. The van der Waals surface area contributed by atoms with E-state index in [9.17, 15) is 9.59 Å². The van der Waals surface area contributed by atoms with E-state index in [1.807, 2.05) is 42.5 Å². The maximum absolute atomic E-state index is 12.9. The van der Waals surface area contributed by atoms with Crippen molar-refractivity contribution >= 4 is 23.1 Å². The van der Waals surface area contributed by atoms with Crippen LogP contribution in [0.15, 0.2) is 72.4 Å². The quantitative estimate of drug-likeness (QED) is 0.123. The van der Waals surface area contributed by atoms with Gasteiger partial charge in [-0.15, -0.1) is 0 Å². The van der Waals surface area contributed by atoms with Crippen molar-refractivity contribution in [3.8, 4) is 0 Å². The largest absolute Gasteiger partial charge is 0.469 e.